The van der Waals surface area contributed by atoms with Gasteiger partial charge in [0.25, 0.3) is 5.91 Å². The Hall–Kier alpha value is -2.11. The fraction of sp³-hybridized carbons (Fsp3) is 0.364. The predicted octanol–water partition coefficient (Wildman–Crippen LogP) is 0.278. The molecule has 6 heteroatoms. The van der Waals surface area contributed by atoms with E-state index in [0.717, 1.165) is 0 Å². The topological polar surface area (TPSA) is 99.3 Å². The summed E-state index contributed by atoms with van der Waals surface area (Å²) in [4.78, 5) is 35.3. The van der Waals surface area contributed by atoms with E-state index in [1.54, 1.807) is 6.92 Å². The summed E-state index contributed by atoms with van der Waals surface area (Å²) in [6.45, 7) is 1.96. The minimum Gasteiger partial charge on any atom is -0.481 e. The number of carboxylic acid groups (broad SMARTS) is 1. The van der Waals surface area contributed by atoms with Crippen molar-refractivity contribution < 1.29 is 14.7 Å². The number of rotatable bonds is 5. The largest absolute Gasteiger partial charge is 0.481 e. The first-order valence-corrected chi connectivity index (χ1v) is 5.20. The molecule has 1 heterocycles. The maximum Gasteiger partial charge on any atom is 0.303 e. The molecule has 1 aromatic rings. The lowest BCUT2D eigenvalue weighted by Gasteiger charge is -2.06. The van der Waals surface area contributed by atoms with Crippen molar-refractivity contribution in [2.24, 2.45) is 0 Å². The van der Waals surface area contributed by atoms with Gasteiger partial charge in [-0.1, -0.05) is 0 Å². The number of aromatic nitrogens is 1. The van der Waals surface area contributed by atoms with Gasteiger partial charge in [0.1, 0.15) is 0 Å². The molecule has 0 fully saturated rings. The highest BCUT2D eigenvalue weighted by Gasteiger charge is 2.08. The van der Waals surface area contributed by atoms with Crippen molar-refractivity contribution in [3.05, 3.63) is 33.7 Å². The number of nitrogens with one attached hydrogen (secondary N) is 2. The van der Waals surface area contributed by atoms with E-state index in [0.29, 0.717) is 24.1 Å². The number of pyridine rings is 1. The van der Waals surface area contributed by atoms with E-state index in [2.05, 4.69) is 10.3 Å². The summed E-state index contributed by atoms with van der Waals surface area (Å²) in [5, 5.41) is 11.0. The van der Waals surface area contributed by atoms with E-state index in [4.69, 9.17) is 5.11 Å². The van der Waals surface area contributed by atoms with Crippen LogP contribution in [0.4, 0.5) is 0 Å². The van der Waals surface area contributed by atoms with Crippen molar-refractivity contribution in [1.82, 2.24) is 10.3 Å². The third-order valence-electron chi connectivity index (χ3n) is 2.23. The molecule has 0 unspecified atom stereocenters. The zero-order valence-corrected chi connectivity index (χ0v) is 9.45. The number of H-pyrrole nitrogens is 1. The minimum atomic E-state index is -0.889. The summed E-state index contributed by atoms with van der Waals surface area (Å²) in [6.07, 6.45) is 1.75. The number of hydrogen-bond donors (Lipinski definition) is 3. The van der Waals surface area contributed by atoms with Gasteiger partial charge in [0, 0.05) is 25.2 Å². The lowest BCUT2D eigenvalue weighted by molar-refractivity contribution is -0.137. The number of carboxylic acids is 1. The molecule has 0 aliphatic rings. The lowest BCUT2D eigenvalue weighted by atomic mass is 10.1. The molecule has 0 radical (unpaired) electrons. The van der Waals surface area contributed by atoms with Crippen molar-refractivity contribution in [1.29, 1.82) is 0 Å². The molecule has 92 valence electrons. The molecule has 1 rings (SSSR count). The zero-order chi connectivity index (χ0) is 12.8. The fourth-order valence-electron chi connectivity index (χ4n) is 1.35. The summed E-state index contributed by atoms with van der Waals surface area (Å²) in [5.74, 6) is -1.20. The summed E-state index contributed by atoms with van der Waals surface area (Å²) >= 11 is 0. The number of amides is 1. The molecule has 0 aliphatic heterocycles. The van der Waals surface area contributed by atoms with Gasteiger partial charge in [-0.15, -0.1) is 0 Å². The van der Waals surface area contributed by atoms with E-state index in [-0.39, 0.29) is 17.9 Å². The number of aromatic amines is 1. The van der Waals surface area contributed by atoms with Gasteiger partial charge >= 0.3 is 5.97 Å². The molecule has 1 amide bonds. The molecular weight excluding hydrogens is 224 g/mol. The van der Waals surface area contributed by atoms with Crippen molar-refractivity contribution in [3.8, 4) is 0 Å². The SMILES string of the molecule is Cc1cc(=O)[nH]cc1C(=O)NCCCC(=O)O. The number of aryl methyl sites for hydroxylation is 1. The molecule has 0 bridgehead atoms. The van der Waals surface area contributed by atoms with Crippen LogP contribution in [-0.4, -0.2) is 28.5 Å². The Morgan fingerprint density at radius 2 is 2.18 bits per heavy atom. The minimum absolute atomic E-state index is 0.0187. The summed E-state index contributed by atoms with van der Waals surface area (Å²) in [7, 11) is 0. The van der Waals surface area contributed by atoms with Gasteiger partial charge < -0.3 is 15.4 Å². The first-order valence-electron chi connectivity index (χ1n) is 5.20. The van der Waals surface area contributed by atoms with Crippen LogP contribution in [0.5, 0.6) is 0 Å². The second-order valence-electron chi connectivity index (χ2n) is 3.65. The Morgan fingerprint density at radius 3 is 2.76 bits per heavy atom. The van der Waals surface area contributed by atoms with Crippen LogP contribution < -0.4 is 10.9 Å². The Kier molecular flexibility index (Phi) is 4.45. The molecule has 0 spiro atoms. The van der Waals surface area contributed by atoms with Gasteiger partial charge in [0.05, 0.1) is 5.56 Å². The maximum atomic E-state index is 11.6. The molecular formula is C11H14N2O4. The third-order valence-corrected chi connectivity index (χ3v) is 2.23. The van der Waals surface area contributed by atoms with E-state index < -0.39 is 5.97 Å². The van der Waals surface area contributed by atoms with Crippen molar-refractivity contribution >= 4 is 11.9 Å². The number of carbonyl (C=O) groups excluding carboxylic acids is 1. The first-order chi connectivity index (χ1) is 8.00. The van der Waals surface area contributed by atoms with Gasteiger partial charge in [-0.25, -0.2) is 0 Å². The van der Waals surface area contributed by atoms with Crippen LogP contribution in [0.15, 0.2) is 17.1 Å². The molecule has 0 saturated heterocycles. The standard InChI is InChI=1S/C11H14N2O4/c1-7-5-9(14)13-6-8(7)11(17)12-4-2-3-10(15)16/h5-6H,2-4H2,1H3,(H,12,17)(H,13,14)(H,15,16). The maximum absolute atomic E-state index is 11.6. The van der Waals surface area contributed by atoms with E-state index >= 15 is 0 Å². The number of hydrogen-bond acceptors (Lipinski definition) is 3. The van der Waals surface area contributed by atoms with Crippen molar-refractivity contribution in [3.63, 3.8) is 0 Å². The van der Waals surface area contributed by atoms with Crippen molar-refractivity contribution in [2.45, 2.75) is 19.8 Å². The van der Waals surface area contributed by atoms with Crippen LogP contribution in [0.1, 0.15) is 28.8 Å². The Bertz CT molecular complexity index is 479. The van der Waals surface area contributed by atoms with Crippen LogP contribution >= 0.6 is 0 Å². The second-order valence-corrected chi connectivity index (χ2v) is 3.65. The van der Waals surface area contributed by atoms with Gasteiger partial charge in [0.15, 0.2) is 0 Å². The molecule has 0 aliphatic carbocycles. The smallest absolute Gasteiger partial charge is 0.303 e. The Balaban J connectivity index is 2.52. The molecule has 0 saturated carbocycles. The highest BCUT2D eigenvalue weighted by molar-refractivity contribution is 5.95. The molecule has 3 N–H and O–H groups in total. The fourth-order valence-corrected chi connectivity index (χ4v) is 1.35. The highest BCUT2D eigenvalue weighted by atomic mass is 16.4. The number of aliphatic carboxylic acids is 1. The Morgan fingerprint density at radius 1 is 1.47 bits per heavy atom. The van der Waals surface area contributed by atoms with Crippen LogP contribution in [0.3, 0.4) is 0 Å². The zero-order valence-electron chi connectivity index (χ0n) is 9.45. The summed E-state index contributed by atoms with van der Waals surface area (Å²) in [6, 6.07) is 1.34. The predicted molar refractivity (Wildman–Crippen MR) is 61.0 cm³/mol. The number of carbonyl (C=O) groups is 2. The molecule has 0 aromatic carbocycles. The van der Waals surface area contributed by atoms with Crippen molar-refractivity contribution in [2.75, 3.05) is 6.54 Å². The van der Waals surface area contributed by atoms with Crippen LogP contribution in [-0.2, 0) is 4.79 Å². The van der Waals surface area contributed by atoms with Gasteiger partial charge in [-0.05, 0) is 18.9 Å². The van der Waals surface area contributed by atoms with Crippen LogP contribution in [0.2, 0.25) is 0 Å². The molecule has 1 aromatic heterocycles. The molecule has 6 nitrogen and oxygen atoms in total. The monoisotopic (exact) mass is 238 g/mol. The third kappa shape index (κ3) is 4.10. The summed E-state index contributed by atoms with van der Waals surface area (Å²) in [5.41, 5.74) is 0.717. The van der Waals surface area contributed by atoms with E-state index in [9.17, 15) is 14.4 Å². The van der Waals surface area contributed by atoms with E-state index in [1.165, 1.54) is 12.3 Å². The first kappa shape index (κ1) is 13.0. The van der Waals surface area contributed by atoms with E-state index in [1.807, 2.05) is 0 Å². The second kappa shape index (κ2) is 5.83. The summed E-state index contributed by atoms with van der Waals surface area (Å²) < 4.78 is 0. The Labute approximate surface area is 97.7 Å². The quantitative estimate of drug-likeness (QED) is 0.641. The van der Waals surface area contributed by atoms with Gasteiger partial charge in [-0.3, -0.25) is 14.4 Å². The van der Waals surface area contributed by atoms with Crippen LogP contribution in [0, 0.1) is 6.92 Å². The van der Waals surface area contributed by atoms with Crippen LogP contribution in [0.25, 0.3) is 0 Å². The van der Waals surface area contributed by atoms with Gasteiger partial charge in [-0.2, -0.15) is 0 Å². The average molecular weight is 238 g/mol. The highest BCUT2D eigenvalue weighted by Crippen LogP contribution is 2.02. The van der Waals surface area contributed by atoms with Gasteiger partial charge in [0.2, 0.25) is 5.56 Å². The average Bonchev–Trinajstić information content (AvgIpc) is 2.23. The lowest BCUT2D eigenvalue weighted by Crippen LogP contribution is -2.26. The molecule has 17 heavy (non-hydrogen) atoms. The normalized spacial score (nSPS) is 9.94. The molecule has 0 atom stereocenters.